The van der Waals surface area contributed by atoms with Gasteiger partial charge < -0.3 is 10.2 Å². The summed E-state index contributed by atoms with van der Waals surface area (Å²) in [5, 5.41) is 27.1. The van der Waals surface area contributed by atoms with Crippen molar-refractivity contribution in [1.82, 2.24) is 0 Å². The van der Waals surface area contributed by atoms with Crippen LogP contribution < -0.4 is 0 Å². The lowest BCUT2D eigenvalue weighted by molar-refractivity contribution is -0.267. The first-order valence-corrected chi connectivity index (χ1v) is 8.96. The maximum atomic E-state index is 10.4. The average molecular weight is 352 g/mol. The third-order valence-corrected chi connectivity index (χ3v) is 3.53. The molecule has 0 aliphatic carbocycles. The molecule has 5 heteroatoms. The summed E-state index contributed by atoms with van der Waals surface area (Å²) in [5.74, 6) is -0.861. The van der Waals surface area contributed by atoms with Gasteiger partial charge in [-0.25, -0.2) is 4.89 Å². The summed E-state index contributed by atoms with van der Waals surface area (Å²) < 4.78 is 0. The van der Waals surface area contributed by atoms with E-state index in [2.05, 4.69) is 17.9 Å². The molecule has 0 fully saturated rings. The fraction of sp³-hybridized carbons (Fsp3) is 0.550. The van der Waals surface area contributed by atoms with E-state index in [9.17, 15) is 9.90 Å². The lowest BCUT2D eigenvalue weighted by atomic mass is 10.1. The van der Waals surface area contributed by atoms with E-state index < -0.39 is 18.2 Å². The Bertz CT molecular complexity index is 437. The van der Waals surface area contributed by atoms with Gasteiger partial charge >= 0.3 is 5.97 Å². The van der Waals surface area contributed by atoms with E-state index in [0.29, 0.717) is 19.3 Å². The molecule has 0 radical (unpaired) electrons. The smallest absolute Gasteiger partial charge is 0.303 e. The number of aliphatic carboxylic acids is 1. The molecular weight excluding hydrogens is 320 g/mol. The van der Waals surface area contributed by atoms with Crippen LogP contribution in [0.4, 0.5) is 0 Å². The second-order valence-corrected chi connectivity index (χ2v) is 5.85. The van der Waals surface area contributed by atoms with Crippen LogP contribution in [0.15, 0.2) is 48.6 Å². The maximum Gasteiger partial charge on any atom is 0.303 e. The van der Waals surface area contributed by atoms with Crippen LogP contribution in [0.1, 0.15) is 58.3 Å². The van der Waals surface area contributed by atoms with Crippen LogP contribution in [0.25, 0.3) is 0 Å². The molecule has 0 unspecified atom stereocenters. The molecule has 0 aliphatic heterocycles. The Morgan fingerprint density at radius 3 is 2.40 bits per heavy atom. The lowest BCUT2D eigenvalue weighted by Gasteiger charge is -2.06. The molecule has 0 aromatic heterocycles. The van der Waals surface area contributed by atoms with E-state index in [4.69, 9.17) is 10.4 Å². The Balaban J connectivity index is 3.95. The Morgan fingerprint density at radius 2 is 1.76 bits per heavy atom. The minimum absolute atomic E-state index is 0.0528. The SMILES string of the molecule is CCCCC/C=C\C[C@@H](O)/C=C/C=C/C=C\[C@@H](CCCC(=O)O)OO. The van der Waals surface area contributed by atoms with E-state index in [1.165, 1.54) is 19.3 Å². The van der Waals surface area contributed by atoms with Gasteiger partial charge in [0, 0.05) is 6.42 Å². The van der Waals surface area contributed by atoms with Gasteiger partial charge in [-0.3, -0.25) is 10.1 Å². The number of carbonyl (C=O) groups is 1. The summed E-state index contributed by atoms with van der Waals surface area (Å²) >= 11 is 0. The Kier molecular flexibility index (Phi) is 16.0. The first-order chi connectivity index (χ1) is 12.1. The average Bonchev–Trinajstić information content (AvgIpc) is 2.59. The summed E-state index contributed by atoms with van der Waals surface area (Å²) in [6.07, 6.45) is 19.7. The fourth-order valence-corrected chi connectivity index (χ4v) is 2.09. The molecule has 5 nitrogen and oxygen atoms in total. The number of aliphatic hydroxyl groups excluding tert-OH is 1. The molecule has 25 heavy (non-hydrogen) atoms. The number of rotatable bonds is 15. The third-order valence-electron chi connectivity index (χ3n) is 3.53. The molecule has 2 atom stereocenters. The predicted octanol–water partition coefficient (Wildman–Crippen LogP) is 4.66. The van der Waals surface area contributed by atoms with Gasteiger partial charge in [-0.1, -0.05) is 68.4 Å². The van der Waals surface area contributed by atoms with Crippen molar-refractivity contribution in [3.05, 3.63) is 48.6 Å². The summed E-state index contributed by atoms with van der Waals surface area (Å²) in [4.78, 5) is 14.7. The zero-order valence-electron chi connectivity index (χ0n) is 15.1. The van der Waals surface area contributed by atoms with Crippen LogP contribution in [0.2, 0.25) is 0 Å². The molecule has 3 N–H and O–H groups in total. The predicted molar refractivity (Wildman–Crippen MR) is 100 cm³/mol. The van der Waals surface area contributed by atoms with Crippen molar-refractivity contribution < 1.29 is 25.2 Å². The minimum Gasteiger partial charge on any atom is -0.481 e. The topological polar surface area (TPSA) is 87.0 Å². The zero-order chi connectivity index (χ0) is 18.8. The van der Waals surface area contributed by atoms with Crippen molar-refractivity contribution in [1.29, 1.82) is 0 Å². The Hall–Kier alpha value is -1.69. The van der Waals surface area contributed by atoms with E-state index in [1.54, 1.807) is 36.5 Å². The van der Waals surface area contributed by atoms with Crippen LogP contribution in [0, 0.1) is 0 Å². The quantitative estimate of drug-likeness (QED) is 0.131. The molecule has 0 spiro atoms. The number of allylic oxidation sites excluding steroid dienone is 5. The molecule has 0 aromatic carbocycles. The number of hydrogen-bond donors (Lipinski definition) is 3. The van der Waals surface area contributed by atoms with Crippen LogP contribution in [0.3, 0.4) is 0 Å². The molecule has 0 saturated carbocycles. The number of carboxylic acids is 1. The van der Waals surface area contributed by atoms with Crippen LogP contribution in [0.5, 0.6) is 0 Å². The Labute approximate surface area is 151 Å². The summed E-state index contributed by atoms with van der Waals surface area (Å²) in [5.41, 5.74) is 0. The second-order valence-electron chi connectivity index (χ2n) is 5.85. The monoisotopic (exact) mass is 352 g/mol. The van der Waals surface area contributed by atoms with E-state index in [-0.39, 0.29) is 6.42 Å². The third kappa shape index (κ3) is 16.9. The van der Waals surface area contributed by atoms with Gasteiger partial charge in [0.15, 0.2) is 0 Å². The zero-order valence-corrected chi connectivity index (χ0v) is 15.1. The largest absolute Gasteiger partial charge is 0.481 e. The normalized spacial score (nSPS) is 15.0. The van der Waals surface area contributed by atoms with Crippen LogP contribution in [-0.4, -0.2) is 33.6 Å². The molecule has 0 aliphatic rings. The summed E-state index contributed by atoms with van der Waals surface area (Å²) in [6, 6.07) is 0. The van der Waals surface area contributed by atoms with E-state index >= 15 is 0 Å². The molecule has 142 valence electrons. The van der Waals surface area contributed by atoms with Gasteiger partial charge in [0.25, 0.3) is 0 Å². The summed E-state index contributed by atoms with van der Waals surface area (Å²) in [7, 11) is 0. The highest BCUT2D eigenvalue weighted by Gasteiger charge is 2.05. The highest BCUT2D eigenvalue weighted by atomic mass is 17.1. The molecule has 0 bridgehead atoms. The van der Waals surface area contributed by atoms with Gasteiger partial charge in [0.05, 0.1) is 6.10 Å². The van der Waals surface area contributed by atoms with Crippen molar-refractivity contribution in [2.24, 2.45) is 0 Å². The number of carboxylic acid groups (broad SMARTS) is 1. The fourth-order valence-electron chi connectivity index (χ4n) is 2.09. The molecular formula is C20H32O5. The van der Waals surface area contributed by atoms with Gasteiger partial charge in [-0.2, -0.15) is 0 Å². The molecule has 0 heterocycles. The lowest BCUT2D eigenvalue weighted by Crippen LogP contribution is -2.08. The van der Waals surface area contributed by atoms with Crippen molar-refractivity contribution in [2.45, 2.75) is 70.5 Å². The van der Waals surface area contributed by atoms with Gasteiger partial charge in [-0.15, -0.1) is 0 Å². The molecule has 0 aromatic rings. The van der Waals surface area contributed by atoms with Crippen molar-refractivity contribution in [3.8, 4) is 0 Å². The van der Waals surface area contributed by atoms with Crippen LogP contribution in [-0.2, 0) is 9.68 Å². The maximum absolute atomic E-state index is 10.4. The molecule has 0 rings (SSSR count). The molecule has 0 amide bonds. The van der Waals surface area contributed by atoms with Gasteiger partial charge in [0.2, 0.25) is 0 Å². The van der Waals surface area contributed by atoms with Crippen LogP contribution >= 0.6 is 0 Å². The summed E-state index contributed by atoms with van der Waals surface area (Å²) in [6.45, 7) is 2.18. The van der Waals surface area contributed by atoms with E-state index in [0.717, 1.165) is 6.42 Å². The highest BCUT2D eigenvalue weighted by Crippen LogP contribution is 2.06. The van der Waals surface area contributed by atoms with Crippen molar-refractivity contribution >= 4 is 5.97 Å². The first kappa shape index (κ1) is 23.3. The molecule has 0 saturated heterocycles. The van der Waals surface area contributed by atoms with Gasteiger partial charge in [-0.05, 0) is 32.1 Å². The van der Waals surface area contributed by atoms with E-state index in [1.807, 2.05) is 6.08 Å². The number of unbranched alkanes of at least 4 members (excludes halogenated alkanes) is 3. The van der Waals surface area contributed by atoms with Gasteiger partial charge in [0.1, 0.15) is 6.10 Å². The van der Waals surface area contributed by atoms with Crippen molar-refractivity contribution in [3.63, 3.8) is 0 Å². The minimum atomic E-state index is -0.861. The Morgan fingerprint density at radius 1 is 1.04 bits per heavy atom. The standard InChI is InChI=1S/C20H32O5/c1-2-3-4-5-6-9-13-18(21)14-10-7-8-11-15-19(25-24)16-12-17-20(22)23/h6-11,14-15,18-19,21,24H,2-5,12-13,16-17H2,1H3,(H,22,23)/b8-7+,9-6-,14-10+,15-11-/t18-,19+/m1/s1. The number of hydrogen-bond acceptors (Lipinski definition) is 4. The number of aliphatic hydroxyl groups is 1. The second kappa shape index (κ2) is 17.1. The van der Waals surface area contributed by atoms with Crippen molar-refractivity contribution in [2.75, 3.05) is 0 Å². The highest BCUT2D eigenvalue weighted by molar-refractivity contribution is 5.66. The first-order valence-electron chi connectivity index (χ1n) is 8.96.